The highest BCUT2D eigenvalue weighted by Crippen LogP contribution is 2.26. The fraction of sp³-hybridized carbons (Fsp3) is 0.286. The van der Waals surface area contributed by atoms with Gasteiger partial charge in [0.15, 0.2) is 5.69 Å². The number of hydrogen-bond acceptors (Lipinski definition) is 4. The zero-order chi connectivity index (χ0) is 15.6. The highest BCUT2D eigenvalue weighted by Gasteiger charge is 2.21. The molecule has 1 aromatic carbocycles. The SMILES string of the molecule is CCc1nn(C)c(C(=O)OCc2c(Cl)cccc2Cl)c1N. The molecule has 0 saturated carbocycles. The minimum absolute atomic E-state index is 0.0244. The van der Waals surface area contributed by atoms with Crippen LogP contribution in [0, 0.1) is 0 Å². The Balaban J connectivity index is 2.18. The lowest BCUT2D eigenvalue weighted by atomic mass is 10.2. The smallest absolute Gasteiger partial charge is 0.359 e. The Morgan fingerprint density at radius 3 is 2.52 bits per heavy atom. The molecule has 0 fully saturated rings. The van der Waals surface area contributed by atoms with Crippen molar-refractivity contribution in [3.63, 3.8) is 0 Å². The number of ether oxygens (including phenoxy) is 1. The third-order valence-corrected chi connectivity index (χ3v) is 3.81. The van der Waals surface area contributed by atoms with Crippen molar-refractivity contribution in [1.29, 1.82) is 0 Å². The van der Waals surface area contributed by atoms with Gasteiger partial charge in [0.25, 0.3) is 0 Å². The fourth-order valence-electron chi connectivity index (χ4n) is 1.98. The first kappa shape index (κ1) is 15.7. The lowest BCUT2D eigenvalue weighted by molar-refractivity contribution is 0.0461. The molecule has 112 valence electrons. The topological polar surface area (TPSA) is 70.1 Å². The van der Waals surface area contributed by atoms with Crippen LogP contribution in [-0.2, 0) is 24.8 Å². The monoisotopic (exact) mass is 327 g/mol. The van der Waals surface area contributed by atoms with Gasteiger partial charge in [-0.15, -0.1) is 0 Å². The number of aryl methyl sites for hydroxylation is 2. The van der Waals surface area contributed by atoms with Crippen LogP contribution in [0.3, 0.4) is 0 Å². The quantitative estimate of drug-likeness (QED) is 0.875. The normalized spacial score (nSPS) is 10.7. The summed E-state index contributed by atoms with van der Waals surface area (Å²) < 4.78 is 6.67. The molecule has 0 spiro atoms. The second-order valence-corrected chi connectivity index (χ2v) is 5.28. The van der Waals surface area contributed by atoms with E-state index in [1.54, 1.807) is 25.2 Å². The van der Waals surface area contributed by atoms with E-state index in [-0.39, 0.29) is 12.3 Å². The van der Waals surface area contributed by atoms with Gasteiger partial charge in [0, 0.05) is 22.7 Å². The molecule has 0 aliphatic heterocycles. The molecule has 1 heterocycles. The summed E-state index contributed by atoms with van der Waals surface area (Å²) >= 11 is 12.1. The van der Waals surface area contributed by atoms with Crippen molar-refractivity contribution < 1.29 is 9.53 Å². The maximum Gasteiger partial charge on any atom is 0.359 e. The number of nitrogen functional groups attached to an aromatic ring is 1. The molecule has 7 heteroatoms. The Hall–Kier alpha value is -1.72. The molecule has 0 saturated heterocycles. The third kappa shape index (κ3) is 3.14. The van der Waals surface area contributed by atoms with Gasteiger partial charge in [-0.3, -0.25) is 4.68 Å². The standard InChI is InChI=1S/C14H15Cl2N3O2/c1-3-11-12(17)13(19(2)18-11)14(20)21-7-8-9(15)5-4-6-10(8)16/h4-6H,3,7,17H2,1-2H3. The van der Waals surface area contributed by atoms with Gasteiger partial charge >= 0.3 is 5.97 Å². The van der Waals surface area contributed by atoms with E-state index in [0.717, 1.165) is 0 Å². The Morgan fingerprint density at radius 2 is 2.00 bits per heavy atom. The van der Waals surface area contributed by atoms with Crippen LogP contribution in [0.2, 0.25) is 10.0 Å². The molecule has 0 aliphatic rings. The Morgan fingerprint density at radius 1 is 1.38 bits per heavy atom. The molecule has 5 nitrogen and oxygen atoms in total. The maximum absolute atomic E-state index is 12.2. The van der Waals surface area contributed by atoms with Gasteiger partial charge < -0.3 is 10.5 Å². The van der Waals surface area contributed by atoms with Crippen LogP contribution >= 0.6 is 23.2 Å². The van der Waals surface area contributed by atoms with Gasteiger partial charge in [0.2, 0.25) is 0 Å². The van der Waals surface area contributed by atoms with E-state index in [0.29, 0.717) is 33.4 Å². The summed E-state index contributed by atoms with van der Waals surface area (Å²) in [5.41, 5.74) is 7.71. The predicted octanol–water partition coefficient (Wildman–Crippen LogP) is 3.23. The van der Waals surface area contributed by atoms with E-state index in [1.165, 1.54) is 4.68 Å². The van der Waals surface area contributed by atoms with Crippen molar-refractivity contribution in [2.75, 3.05) is 5.73 Å². The second kappa shape index (κ2) is 6.37. The van der Waals surface area contributed by atoms with Crippen molar-refractivity contribution in [3.05, 3.63) is 45.2 Å². The fourth-order valence-corrected chi connectivity index (χ4v) is 2.48. The van der Waals surface area contributed by atoms with Gasteiger partial charge in [0.1, 0.15) is 6.61 Å². The number of hydrogen-bond donors (Lipinski definition) is 1. The number of nitrogens with zero attached hydrogens (tertiary/aromatic N) is 2. The predicted molar refractivity (Wildman–Crippen MR) is 82.6 cm³/mol. The number of benzene rings is 1. The van der Waals surface area contributed by atoms with E-state index in [2.05, 4.69) is 5.10 Å². The molecule has 0 aliphatic carbocycles. The first-order valence-corrected chi connectivity index (χ1v) is 7.12. The number of anilines is 1. The van der Waals surface area contributed by atoms with Crippen LogP contribution in [0.5, 0.6) is 0 Å². The molecule has 0 radical (unpaired) electrons. The summed E-state index contributed by atoms with van der Waals surface area (Å²) in [5.74, 6) is -0.557. The summed E-state index contributed by atoms with van der Waals surface area (Å²) in [6.45, 7) is 1.89. The van der Waals surface area contributed by atoms with E-state index < -0.39 is 5.97 Å². The minimum atomic E-state index is -0.557. The van der Waals surface area contributed by atoms with E-state index in [9.17, 15) is 4.79 Å². The summed E-state index contributed by atoms with van der Waals surface area (Å²) in [5, 5.41) is 5.07. The molecule has 0 bridgehead atoms. The summed E-state index contributed by atoms with van der Waals surface area (Å²) in [6.07, 6.45) is 0.642. The first-order valence-electron chi connectivity index (χ1n) is 6.37. The van der Waals surface area contributed by atoms with Crippen LogP contribution in [0.4, 0.5) is 5.69 Å². The maximum atomic E-state index is 12.2. The number of nitrogens with two attached hydrogens (primary N) is 1. The number of halogens is 2. The molecular formula is C14H15Cl2N3O2. The molecule has 21 heavy (non-hydrogen) atoms. The highest BCUT2D eigenvalue weighted by atomic mass is 35.5. The first-order chi connectivity index (χ1) is 9.95. The van der Waals surface area contributed by atoms with Gasteiger partial charge in [-0.25, -0.2) is 4.79 Å². The van der Waals surface area contributed by atoms with Crippen LogP contribution in [0.25, 0.3) is 0 Å². The van der Waals surface area contributed by atoms with Crippen LogP contribution in [0.1, 0.15) is 28.7 Å². The largest absolute Gasteiger partial charge is 0.456 e. The molecule has 0 amide bonds. The van der Waals surface area contributed by atoms with Gasteiger partial charge in [-0.2, -0.15) is 5.10 Å². The summed E-state index contributed by atoms with van der Waals surface area (Å²) in [7, 11) is 1.65. The number of aromatic nitrogens is 2. The molecular weight excluding hydrogens is 313 g/mol. The zero-order valence-corrected chi connectivity index (χ0v) is 13.2. The third-order valence-electron chi connectivity index (χ3n) is 3.10. The van der Waals surface area contributed by atoms with E-state index >= 15 is 0 Å². The molecule has 1 aromatic heterocycles. The Labute approximate surface area is 132 Å². The highest BCUT2D eigenvalue weighted by molar-refractivity contribution is 6.35. The van der Waals surface area contributed by atoms with Crippen LogP contribution in [0.15, 0.2) is 18.2 Å². The second-order valence-electron chi connectivity index (χ2n) is 4.46. The van der Waals surface area contributed by atoms with Crippen molar-refractivity contribution in [2.24, 2.45) is 7.05 Å². The molecule has 2 N–H and O–H groups in total. The summed E-state index contributed by atoms with van der Waals surface area (Å²) in [6, 6.07) is 5.09. The average molecular weight is 328 g/mol. The van der Waals surface area contributed by atoms with Crippen molar-refractivity contribution in [3.8, 4) is 0 Å². The summed E-state index contributed by atoms with van der Waals surface area (Å²) in [4.78, 5) is 12.2. The van der Waals surface area contributed by atoms with Crippen LogP contribution < -0.4 is 5.73 Å². The van der Waals surface area contributed by atoms with Crippen molar-refractivity contribution >= 4 is 34.9 Å². The Kier molecular flexibility index (Phi) is 4.75. The minimum Gasteiger partial charge on any atom is -0.456 e. The molecule has 2 aromatic rings. The van der Waals surface area contributed by atoms with Crippen molar-refractivity contribution in [1.82, 2.24) is 9.78 Å². The number of esters is 1. The van der Waals surface area contributed by atoms with Crippen molar-refractivity contribution in [2.45, 2.75) is 20.0 Å². The average Bonchev–Trinajstić information content (AvgIpc) is 2.72. The van der Waals surface area contributed by atoms with Crippen LogP contribution in [-0.4, -0.2) is 15.7 Å². The molecule has 0 unspecified atom stereocenters. The van der Waals surface area contributed by atoms with Gasteiger partial charge in [-0.1, -0.05) is 36.2 Å². The lowest BCUT2D eigenvalue weighted by Gasteiger charge is -2.08. The number of rotatable bonds is 4. The van der Waals surface area contributed by atoms with Gasteiger partial charge in [0.05, 0.1) is 11.4 Å². The van der Waals surface area contributed by atoms with E-state index in [4.69, 9.17) is 33.7 Å². The zero-order valence-electron chi connectivity index (χ0n) is 11.7. The number of carbonyl (C=O) groups excluding carboxylic acids is 1. The lowest BCUT2D eigenvalue weighted by Crippen LogP contribution is -2.13. The van der Waals surface area contributed by atoms with Gasteiger partial charge in [-0.05, 0) is 18.6 Å². The van der Waals surface area contributed by atoms with E-state index in [1.807, 2.05) is 6.92 Å². The molecule has 0 atom stereocenters. The number of carbonyl (C=O) groups is 1. The Bertz CT molecular complexity index is 663. The molecule has 2 rings (SSSR count).